The molecule has 1 aliphatic rings. The van der Waals surface area contributed by atoms with E-state index in [0.29, 0.717) is 18.2 Å². The zero-order chi connectivity index (χ0) is 10.8. The van der Waals surface area contributed by atoms with Gasteiger partial charge in [-0.3, -0.25) is 0 Å². The molecule has 1 heterocycles. The molecule has 1 aromatic carbocycles. The van der Waals surface area contributed by atoms with E-state index in [-0.39, 0.29) is 6.09 Å². The van der Waals surface area contributed by atoms with E-state index in [2.05, 4.69) is 25.2 Å². The van der Waals surface area contributed by atoms with E-state index in [1.54, 1.807) is 0 Å². The van der Waals surface area contributed by atoms with Crippen LogP contribution in [0.1, 0.15) is 25.0 Å². The first-order valence-corrected chi connectivity index (χ1v) is 5.22. The summed E-state index contributed by atoms with van der Waals surface area (Å²) in [6.07, 6.45) is 0.655. The van der Waals surface area contributed by atoms with Crippen molar-refractivity contribution in [1.82, 2.24) is 5.32 Å². The van der Waals surface area contributed by atoms with Gasteiger partial charge in [-0.15, -0.1) is 0 Å². The van der Waals surface area contributed by atoms with E-state index in [1.807, 2.05) is 12.1 Å². The normalized spacial score (nSPS) is 14.5. The van der Waals surface area contributed by atoms with Crippen LogP contribution in [0.4, 0.5) is 4.79 Å². The lowest BCUT2D eigenvalue weighted by Crippen LogP contribution is -2.31. The van der Waals surface area contributed by atoms with Crippen LogP contribution in [0.25, 0.3) is 0 Å². The molecule has 1 amide bonds. The molecule has 0 unspecified atom stereocenters. The summed E-state index contributed by atoms with van der Waals surface area (Å²) in [6.45, 7) is 4.91. The highest BCUT2D eigenvalue weighted by Gasteiger charge is 2.16. The molecule has 0 saturated carbocycles. The van der Waals surface area contributed by atoms with Gasteiger partial charge in [0.25, 0.3) is 0 Å². The van der Waals surface area contributed by atoms with E-state index in [0.717, 1.165) is 12.0 Å². The summed E-state index contributed by atoms with van der Waals surface area (Å²) >= 11 is 0. The number of hydrogen-bond acceptors (Lipinski definition) is 2. The van der Waals surface area contributed by atoms with Crippen molar-refractivity contribution in [1.29, 1.82) is 0 Å². The van der Waals surface area contributed by atoms with E-state index in [9.17, 15) is 4.79 Å². The van der Waals surface area contributed by atoms with Crippen molar-refractivity contribution in [3.63, 3.8) is 0 Å². The summed E-state index contributed by atoms with van der Waals surface area (Å²) in [6, 6.07) is 6.08. The van der Waals surface area contributed by atoms with Crippen molar-refractivity contribution >= 4 is 6.09 Å². The number of nitrogens with one attached hydrogen (secondary N) is 1. The number of ether oxygens (including phenoxy) is 1. The first-order valence-electron chi connectivity index (χ1n) is 5.22. The zero-order valence-electron chi connectivity index (χ0n) is 9.04. The minimum atomic E-state index is -0.357. The number of carbonyl (C=O) groups is 1. The first-order chi connectivity index (χ1) is 7.15. The van der Waals surface area contributed by atoms with Crippen molar-refractivity contribution in [3.8, 4) is 5.75 Å². The second kappa shape index (κ2) is 3.93. The van der Waals surface area contributed by atoms with Gasteiger partial charge in [0, 0.05) is 12.1 Å². The quantitative estimate of drug-likeness (QED) is 0.805. The second-order valence-electron chi connectivity index (χ2n) is 4.28. The van der Waals surface area contributed by atoms with Gasteiger partial charge < -0.3 is 10.1 Å². The molecule has 0 aromatic heterocycles. The Bertz CT molecular complexity index is 385. The van der Waals surface area contributed by atoms with Crippen LogP contribution in [0.5, 0.6) is 5.75 Å². The Balaban J connectivity index is 2.24. The summed E-state index contributed by atoms with van der Waals surface area (Å²) < 4.78 is 5.10. The van der Waals surface area contributed by atoms with E-state index < -0.39 is 0 Å². The summed E-state index contributed by atoms with van der Waals surface area (Å²) in [5.41, 5.74) is 2.26. The number of hydrogen-bond donors (Lipinski definition) is 1. The lowest BCUT2D eigenvalue weighted by Gasteiger charge is -2.18. The zero-order valence-corrected chi connectivity index (χ0v) is 9.04. The van der Waals surface area contributed by atoms with Crippen LogP contribution < -0.4 is 10.1 Å². The summed E-state index contributed by atoms with van der Waals surface area (Å²) in [5.74, 6) is 1.32. The molecule has 0 bridgehead atoms. The number of carbonyl (C=O) groups excluding carboxylic acids is 1. The minimum absolute atomic E-state index is 0.357. The summed E-state index contributed by atoms with van der Waals surface area (Å²) in [7, 11) is 0. The Morgan fingerprint density at radius 1 is 1.47 bits per heavy atom. The summed E-state index contributed by atoms with van der Waals surface area (Å²) in [4.78, 5) is 11.0. The van der Waals surface area contributed by atoms with Crippen LogP contribution in [-0.4, -0.2) is 6.09 Å². The van der Waals surface area contributed by atoms with Gasteiger partial charge in [-0.25, -0.2) is 4.79 Å². The standard InChI is InChI=1S/C12H15NO2/c1-8(2)5-9-3-4-10-7-13-12(14)15-11(10)6-9/h3-4,6,8H,5,7H2,1-2H3,(H,13,14). The average Bonchev–Trinajstić information content (AvgIpc) is 2.16. The summed E-state index contributed by atoms with van der Waals surface area (Å²) in [5, 5.41) is 2.64. The van der Waals surface area contributed by atoms with Crippen molar-refractivity contribution in [3.05, 3.63) is 29.3 Å². The van der Waals surface area contributed by atoms with E-state index in [1.165, 1.54) is 5.56 Å². The van der Waals surface area contributed by atoms with Crippen molar-refractivity contribution < 1.29 is 9.53 Å². The number of rotatable bonds is 2. The Kier molecular flexibility index (Phi) is 2.62. The fourth-order valence-corrected chi connectivity index (χ4v) is 1.74. The molecule has 0 radical (unpaired) electrons. The topological polar surface area (TPSA) is 38.3 Å². The highest BCUT2D eigenvalue weighted by atomic mass is 16.6. The van der Waals surface area contributed by atoms with Crippen LogP contribution in [0.2, 0.25) is 0 Å². The predicted octanol–water partition coefficient (Wildman–Crippen LogP) is 2.49. The van der Waals surface area contributed by atoms with Crippen molar-refractivity contribution in [2.24, 2.45) is 5.92 Å². The molecule has 3 nitrogen and oxygen atoms in total. The third-order valence-corrected chi connectivity index (χ3v) is 2.40. The van der Waals surface area contributed by atoms with Gasteiger partial charge in [-0.05, 0) is 24.0 Å². The van der Waals surface area contributed by atoms with Crippen LogP contribution in [0.15, 0.2) is 18.2 Å². The molecule has 0 spiro atoms. The van der Waals surface area contributed by atoms with Crippen LogP contribution in [0.3, 0.4) is 0 Å². The highest BCUT2D eigenvalue weighted by Crippen LogP contribution is 2.24. The smallest absolute Gasteiger partial charge is 0.410 e. The maximum atomic E-state index is 11.0. The number of benzene rings is 1. The third kappa shape index (κ3) is 2.29. The maximum Gasteiger partial charge on any atom is 0.412 e. The number of fused-ring (bicyclic) bond motifs is 1. The maximum absolute atomic E-state index is 11.0. The fraction of sp³-hybridized carbons (Fsp3) is 0.417. The Morgan fingerprint density at radius 2 is 2.27 bits per heavy atom. The lowest BCUT2D eigenvalue weighted by molar-refractivity contribution is 0.194. The SMILES string of the molecule is CC(C)Cc1ccc2c(c1)OC(=O)NC2. The van der Waals surface area contributed by atoms with Gasteiger partial charge in [-0.1, -0.05) is 26.0 Å². The van der Waals surface area contributed by atoms with E-state index >= 15 is 0 Å². The second-order valence-corrected chi connectivity index (χ2v) is 4.28. The largest absolute Gasteiger partial charge is 0.412 e. The lowest BCUT2D eigenvalue weighted by atomic mass is 10.0. The molecule has 0 aliphatic carbocycles. The van der Waals surface area contributed by atoms with Gasteiger partial charge in [0.1, 0.15) is 5.75 Å². The Hall–Kier alpha value is -1.51. The molecule has 0 atom stereocenters. The molecular weight excluding hydrogens is 190 g/mol. The highest BCUT2D eigenvalue weighted by molar-refractivity contribution is 5.73. The molecule has 1 aromatic rings. The fourth-order valence-electron chi connectivity index (χ4n) is 1.74. The molecule has 0 saturated heterocycles. The van der Waals surface area contributed by atoms with Crippen molar-refractivity contribution in [2.45, 2.75) is 26.8 Å². The average molecular weight is 205 g/mol. The van der Waals surface area contributed by atoms with E-state index in [4.69, 9.17) is 4.74 Å². The third-order valence-electron chi connectivity index (χ3n) is 2.40. The van der Waals surface area contributed by atoms with Crippen LogP contribution in [-0.2, 0) is 13.0 Å². The molecular formula is C12H15NO2. The molecule has 3 heteroatoms. The molecule has 1 N–H and O–H groups in total. The molecule has 80 valence electrons. The Labute approximate surface area is 89.4 Å². The van der Waals surface area contributed by atoms with Gasteiger partial charge in [0.05, 0.1) is 0 Å². The molecule has 1 aliphatic heterocycles. The minimum Gasteiger partial charge on any atom is -0.410 e. The van der Waals surface area contributed by atoms with Crippen LogP contribution >= 0.6 is 0 Å². The Morgan fingerprint density at radius 3 is 3.00 bits per heavy atom. The van der Waals surface area contributed by atoms with Gasteiger partial charge >= 0.3 is 6.09 Å². The van der Waals surface area contributed by atoms with Gasteiger partial charge in [0.2, 0.25) is 0 Å². The van der Waals surface area contributed by atoms with Crippen LogP contribution in [0, 0.1) is 5.92 Å². The first kappa shape index (κ1) is 10.0. The number of amides is 1. The van der Waals surface area contributed by atoms with Gasteiger partial charge in [0.15, 0.2) is 0 Å². The van der Waals surface area contributed by atoms with Crippen molar-refractivity contribution in [2.75, 3.05) is 0 Å². The molecule has 15 heavy (non-hydrogen) atoms. The molecule has 2 rings (SSSR count). The van der Waals surface area contributed by atoms with Gasteiger partial charge in [-0.2, -0.15) is 0 Å². The monoisotopic (exact) mass is 205 g/mol. The predicted molar refractivity (Wildman–Crippen MR) is 57.8 cm³/mol. The molecule has 0 fully saturated rings.